The number of hydrogen-bond donors (Lipinski definition) is 1. The van der Waals surface area contributed by atoms with E-state index in [1.807, 2.05) is 18.2 Å². The summed E-state index contributed by atoms with van der Waals surface area (Å²) in [6.07, 6.45) is 12.8. The summed E-state index contributed by atoms with van der Waals surface area (Å²) >= 11 is 0. The third-order valence-corrected chi connectivity index (χ3v) is 4.67. The molecule has 0 fully saturated rings. The van der Waals surface area contributed by atoms with E-state index in [-0.39, 0.29) is 11.7 Å². The van der Waals surface area contributed by atoms with E-state index >= 15 is 0 Å². The van der Waals surface area contributed by atoms with Gasteiger partial charge in [-0.3, -0.25) is 9.59 Å². The fourth-order valence-corrected chi connectivity index (χ4v) is 2.95. The summed E-state index contributed by atoms with van der Waals surface area (Å²) in [5.41, 5.74) is 0.601. The van der Waals surface area contributed by atoms with Gasteiger partial charge in [0.1, 0.15) is 0 Å². The molecule has 0 heterocycles. The Morgan fingerprint density at radius 3 is 1.92 bits per heavy atom. The van der Waals surface area contributed by atoms with E-state index in [9.17, 15) is 9.59 Å². The van der Waals surface area contributed by atoms with Crippen LogP contribution in [0.3, 0.4) is 0 Å². The number of Topliss-reactive ketones (excluding diaryl/α,β-unsaturated/α-hetero) is 1. The maximum Gasteiger partial charge on any atom is 0.230 e. The summed E-state index contributed by atoms with van der Waals surface area (Å²) < 4.78 is 0. The molecule has 3 heteroatoms. The van der Waals surface area contributed by atoms with Gasteiger partial charge in [-0.15, -0.1) is 0 Å². The lowest BCUT2D eigenvalue weighted by molar-refractivity contribution is -0.123. The Kier molecular flexibility index (Phi) is 11.7. The molecular formula is C22H35NO2. The fraction of sp³-hybridized carbons (Fsp3) is 0.636. The molecule has 1 aromatic rings. The second kappa shape index (κ2) is 13.6. The van der Waals surface area contributed by atoms with Crippen LogP contribution in [0.25, 0.3) is 0 Å². The van der Waals surface area contributed by atoms with Gasteiger partial charge in [0.25, 0.3) is 0 Å². The Labute approximate surface area is 153 Å². The van der Waals surface area contributed by atoms with Crippen molar-refractivity contribution in [3.05, 3.63) is 35.9 Å². The molecule has 1 rings (SSSR count). The average Bonchev–Trinajstić information content (AvgIpc) is 2.65. The molecular weight excluding hydrogens is 310 g/mol. The van der Waals surface area contributed by atoms with Crippen molar-refractivity contribution in [1.29, 1.82) is 0 Å². The first-order valence-corrected chi connectivity index (χ1v) is 10.0. The number of ketones is 1. The van der Waals surface area contributed by atoms with E-state index in [4.69, 9.17) is 0 Å². The zero-order valence-electron chi connectivity index (χ0n) is 16.1. The summed E-state index contributed by atoms with van der Waals surface area (Å²) in [5.74, 6) is -0.892. The van der Waals surface area contributed by atoms with Gasteiger partial charge in [0.05, 0.1) is 5.92 Å². The summed E-state index contributed by atoms with van der Waals surface area (Å²) in [6.45, 7) is 4.60. The van der Waals surface area contributed by atoms with Gasteiger partial charge in [0.2, 0.25) is 5.91 Å². The first kappa shape index (κ1) is 21.4. The lowest BCUT2D eigenvalue weighted by atomic mass is 9.98. The highest BCUT2D eigenvalue weighted by atomic mass is 16.2. The monoisotopic (exact) mass is 345 g/mol. The molecule has 140 valence electrons. The van der Waals surface area contributed by atoms with Crippen molar-refractivity contribution in [2.75, 3.05) is 6.54 Å². The third-order valence-electron chi connectivity index (χ3n) is 4.67. The van der Waals surface area contributed by atoms with Crippen molar-refractivity contribution in [1.82, 2.24) is 5.32 Å². The van der Waals surface area contributed by atoms with Crippen LogP contribution in [0.2, 0.25) is 0 Å². The van der Waals surface area contributed by atoms with Gasteiger partial charge < -0.3 is 5.32 Å². The number of nitrogens with one attached hydrogen (secondary N) is 1. The molecule has 0 saturated carbocycles. The number of hydrogen-bond acceptors (Lipinski definition) is 2. The van der Waals surface area contributed by atoms with Crippen LogP contribution in [-0.4, -0.2) is 18.2 Å². The van der Waals surface area contributed by atoms with Crippen molar-refractivity contribution in [3.63, 3.8) is 0 Å². The Morgan fingerprint density at radius 2 is 1.36 bits per heavy atom. The lowest BCUT2D eigenvalue weighted by Gasteiger charge is -2.11. The second-order valence-corrected chi connectivity index (χ2v) is 6.92. The van der Waals surface area contributed by atoms with E-state index in [1.54, 1.807) is 19.1 Å². The Morgan fingerprint density at radius 1 is 0.840 bits per heavy atom. The molecule has 1 N–H and O–H groups in total. The zero-order valence-corrected chi connectivity index (χ0v) is 16.1. The van der Waals surface area contributed by atoms with E-state index < -0.39 is 5.92 Å². The molecule has 0 aliphatic carbocycles. The maximum atomic E-state index is 12.2. The predicted molar refractivity (Wildman–Crippen MR) is 105 cm³/mol. The van der Waals surface area contributed by atoms with E-state index in [1.165, 1.54) is 51.4 Å². The number of amides is 1. The summed E-state index contributed by atoms with van der Waals surface area (Å²) in [7, 11) is 0. The van der Waals surface area contributed by atoms with Gasteiger partial charge in [-0.1, -0.05) is 95.0 Å². The van der Waals surface area contributed by atoms with Gasteiger partial charge in [-0.25, -0.2) is 0 Å². The standard InChI is InChI=1S/C22H35NO2/c1-3-4-5-6-7-8-9-10-11-15-18-23-22(25)19(2)21(24)20-16-13-12-14-17-20/h12-14,16-17,19H,3-11,15,18H2,1-2H3,(H,23,25). The summed E-state index contributed by atoms with van der Waals surface area (Å²) in [4.78, 5) is 24.3. The van der Waals surface area contributed by atoms with Crippen molar-refractivity contribution in [2.45, 2.75) is 78.1 Å². The number of carbonyl (C=O) groups is 2. The van der Waals surface area contributed by atoms with Gasteiger partial charge in [-0.2, -0.15) is 0 Å². The largest absolute Gasteiger partial charge is 0.355 e. The van der Waals surface area contributed by atoms with Crippen molar-refractivity contribution >= 4 is 11.7 Å². The predicted octanol–water partition coefficient (Wildman–Crippen LogP) is 5.54. The Hall–Kier alpha value is -1.64. The molecule has 0 aromatic heterocycles. The Bertz CT molecular complexity index is 484. The fourth-order valence-electron chi connectivity index (χ4n) is 2.95. The summed E-state index contributed by atoms with van der Waals surface area (Å²) in [5, 5.41) is 2.90. The first-order valence-electron chi connectivity index (χ1n) is 10.0. The third kappa shape index (κ3) is 9.42. The van der Waals surface area contributed by atoms with Crippen LogP contribution in [-0.2, 0) is 4.79 Å². The minimum absolute atomic E-state index is 0.110. The smallest absolute Gasteiger partial charge is 0.230 e. The van der Waals surface area contributed by atoms with Crippen LogP contribution < -0.4 is 5.32 Å². The van der Waals surface area contributed by atoms with Crippen molar-refractivity contribution in [2.24, 2.45) is 5.92 Å². The molecule has 0 aliphatic heterocycles. The maximum absolute atomic E-state index is 12.2. The molecule has 3 nitrogen and oxygen atoms in total. The molecule has 0 aliphatic rings. The highest BCUT2D eigenvalue weighted by molar-refractivity contribution is 6.09. The number of benzene rings is 1. The van der Waals surface area contributed by atoms with Crippen LogP contribution in [0.4, 0.5) is 0 Å². The first-order chi connectivity index (χ1) is 12.2. The van der Waals surface area contributed by atoms with Gasteiger partial charge in [0.15, 0.2) is 5.78 Å². The van der Waals surface area contributed by atoms with Crippen molar-refractivity contribution in [3.8, 4) is 0 Å². The molecule has 1 aromatic carbocycles. The average molecular weight is 346 g/mol. The second-order valence-electron chi connectivity index (χ2n) is 6.92. The molecule has 25 heavy (non-hydrogen) atoms. The Balaban J connectivity index is 2.04. The van der Waals surface area contributed by atoms with E-state index in [2.05, 4.69) is 12.2 Å². The van der Waals surface area contributed by atoms with Crippen LogP contribution in [0.15, 0.2) is 30.3 Å². The highest BCUT2D eigenvalue weighted by Crippen LogP contribution is 2.11. The molecule has 0 bridgehead atoms. The number of carbonyl (C=O) groups excluding carboxylic acids is 2. The van der Waals surface area contributed by atoms with Gasteiger partial charge in [-0.05, 0) is 13.3 Å². The van der Waals surface area contributed by atoms with Crippen LogP contribution in [0.5, 0.6) is 0 Å². The number of rotatable bonds is 14. The van der Waals surface area contributed by atoms with Crippen LogP contribution >= 0.6 is 0 Å². The molecule has 1 amide bonds. The van der Waals surface area contributed by atoms with Crippen LogP contribution in [0.1, 0.15) is 88.4 Å². The normalized spacial score (nSPS) is 11.9. The van der Waals surface area contributed by atoms with E-state index in [0.29, 0.717) is 12.1 Å². The molecule has 1 unspecified atom stereocenters. The molecule has 0 spiro atoms. The topological polar surface area (TPSA) is 46.2 Å². The molecule has 0 saturated heterocycles. The number of unbranched alkanes of at least 4 members (excludes halogenated alkanes) is 9. The molecule has 0 radical (unpaired) electrons. The minimum Gasteiger partial charge on any atom is -0.355 e. The molecule has 1 atom stereocenters. The van der Waals surface area contributed by atoms with E-state index in [0.717, 1.165) is 12.8 Å². The lowest BCUT2D eigenvalue weighted by Crippen LogP contribution is -2.34. The minimum atomic E-state index is -0.620. The zero-order chi connectivity index (χ0) is 18.3. The quantitative estimate of drug-likeness (QED) is 0.273. The van der Waals surface area contributed by atoms with Gasteiger partial charge in [0, 0.05) is 12.1 Å². The van der Waals surface area contributed by atoms with Crippen LogP contribution in [0, 0.1) is 5.92 Å². The van der Waals surface area contributed by atoms with Crippen molar-refractivity contribution < 1.29 is 9.59 Å². The highest BCUT2D eigenvalue weighted by Gasteiger charge is 2.21. The van der Waals surface area contributed by atoms with Gasteiger partial charge >= 0.3 is 0 Å². The SMILES string of the molecule is CCCCCCCCCCCCNC(=O)C(C)C(=O)c1ccccc1. The summed E-state index contributed by atoms with van der Waals surface area (Å²) in [6, 6.07) is 9.03.